The largest absolute Gasteiger partial charge is 0.385 e. The van der Waals surface area contributed by atoms with Gasteiger partial charge >= 0.3 is 0 Å². The van der Waals surface area contributed by atoms with Crippen LogP contribution in [-0.4, -0.2) is 25.5 Å². The van der Waals surface area contributed by atoms with E-state index in [1.165, 1.54) is 36.9 Å². The highest BCUT2D eigenvalue weighted by Crippen LogP contribution is 2.29. The second kappa shape index (κ2) is 6.95. The van der Waals surface area contributed by atoms with Crippen LogP contribution in [0.2, 0.25) is 0 Å². The second-order valence-electron chi connectivity index (χ2n) is 6.41. The number of nitrogens with zero attached hydrogens (tertiary/aromatic N) is 1. The van der Waals surface area contributed by atoms with Gasteiger partial charge in [0.2, 0.25) is 0 Å². The number of para-hydroxylation sites is 1. The van der Waals surface area contributed by atoms with E-state index in [-0.39, 0.29) is 0 Å². The van der Waals surface area contributed by atoms with E-state index in [0.29, 0.717) is 0 Å². The molecule has 2 rings (SSSR count). The molecule has 1 N–H and O–H groups in total. The van der Waals surface area contributed by atoms with Crippen LogP contribution in [0, 0.1) is 11.8 Å². The van der Waals surface area contributed by atoms with E-state index in [2.05, 4.69) is 55.5 Å². The molecule has 1 fully saturated rings. The molecule has 0 aromatic heterocycles. The number of hydrogen-bond acceptors (Lipinski definition) is 2. The third-order valence-corrected chi connectivity index (χ3v) is 4.13. The Bertz CT molecular complexity index is 387. The standard InChI is InChI=1S/C17H28N2/c1-14-7-6-8-15(11-14)12-18-17-10-5-4-9-16(17)13-19(2)3/h4-5,9-10,14-15,18H,6-8,11-13H2,1-3H3. The molecule has 19 heavy (non-hydrogen) atoms. The van der Waals surface area contributed by atoms with E-state index in [1.54, 1.807) is 0 Å². The maximum Gasteiger partial charge on any atom is 0.0385 e. The molecule has 2 heteroatoms. The SMILES string of the molecule is CC1CCCC(CNc2ccccc2CN(C)C)C1. The van der Waals surface area contributed by atoms with Crippen molar-refractivity contribution in [2.45, 2.75) is 39.2 Å². The molecule has 1 saturated carbocycles. The zero-order valence-corrected chi connectivity index (χ0v) is 12.7. The van der Waals surface area contributed by atoms with E-state index in [9.17, 15) is 0 Å². The third kappa shape index (κ3) is 4.54. The van der Waals surface area contributed by atoms with E-state index < -0.39 is 0 Å². The molecule has 0 radical (unpaired) electrons. The third-order valence-electron chi connectivity index (χ3n) is 4.13. The molecular formula is C17H28N2. The molecule has 1 aromatic carbocycles. The molecular weight excluding hydrogens is 232 g/mol. The lowest BCUT2D eigenvalue weighted by Crippen LogP contribution is -2.22. The Labute approximate surface area is 118 Å². The van der Waals surface area contributed by atoms with E-state index >= 15 is 0 Å². The Morgan fingerprint density at radius 3 is 2.74 bits per heavy atom. The highest BCUT2D eigenvalue weighted by Gasteiger charge is 2.18. The minimum Gasteiger partial charge on any atom is -0.385 e. The summed E-state index contributed by atoms with van der Waals surface area (Å²) in [5, 5.41) is 3.68. The van der Waals surface area contributed by atoms with Gasteiger partial charge in [0.25, 0.3) is 0 Å². The number of rotatable bonds is 5. The van der Waals surface area contributed by atoms with Gasteiger partial charge in [-0.1, -0.05) is 38.0 Å². The zero-order chi connectivity index (χ0) is 13.7. The molecule has 0 heterocycles. The first-order valence-electron chi connectivity index (χ1n) is 7.61. The van der Waals surface area contributed by atoms with Gasteiger partial charge in [0.15, 0.2) is 0 Å². The van der Waals surface area contributed by atoms with Crippen LogP contribution in [0.4, 0.5) is 5.69 Å². The Morgan fingerprint density at radius 1 is 1.21 bits per heavy atom. The Kier molecular flexibility index (Phi) is 5.26. The molecule has 1 aromatic rings. The van der Waals surface area contributed by atoms with Crippen LogP contribution >= 0.6 is 0 Å². The lowest BCUT2D eigenvalue weighted by molar-refractivity contribution is 0.293. The van der Waals surface area contributed by atoms with Gasteiger partial charge in [-0.2, -0.15) is 0 Å². The van der Waals surface area contributed by atoms with Crippen molar-refractivity contribution >= 4 is 5.69 Å². The zero-order valence-electron chi connectivity index (χ0n) is 12.7. The minimum absolute atomic E-state index is 0.858. The van der Waals surface area contributed by atoms with Gasteiger partial charge in [-0.15, -0.1) is 0 Å². The Balaban J connectivity index is 1.91. The number of benzene rings is 1. The summed E-state index contributed by atoms with van der Waals surface area (Å²) in [4.78, 5) is 2.23. The molecule has 2 unspecified atom stereocenters. The van der Waals surface area contributed by atoms with Gasteiger partial charge in [-0.05, 0) is 50.4 Å². The predicted molar refractivity (Wildman–Crippen MR) is 83.4 cm³/mol. The molecule has 0 spiro atoms. The number of nitrogens with one attached hydrogen (secondary N) is 1. The van der Waals surface area contributed by atoms with Crippen LogP contribution < -0.4 is 5.32 Å². The molecule has 1 aliphatic carbocycles. The highest BCUT2D eigenvalue weighted by molar-refractivity contribution is 5.51. The van der Waals surface area contributed by atoms with Crippen LogP contribution in [0.3, 0.4) is 0 Å². The average molecular weight is 260 g/mol. The first-order chi connectivity index (χ1) is 9.15. The summed E-state index contributed by atoms with van der Waals surface area (Å²) < 4.78 is 0. The molecule has 2 atom stereocenters. The highest BCUT2D eigenvalue weighted by atomic mass is 15.1. The monoisotopic (exact) mass is 260 g/mol. The van der Waals surface area contributed by atoms with Crippen LogP contribution in [0.25, 0.3) is 0 Å². The lowest BCUT2D eigenvalue weighted by atomic mass is 9.82. The topological polar surface area (TPSA) is 15.3 Å². The quantitative estimate of drug-likeness (QED) is 0.861. The van der Waals surface area contributed by atoms with Crippen molar-refractivity contribution in [1.29, 1.82) is 0 Å². The van der Waals surface area contributed by atoms with E-state index in [1.807, 2.05) is 0 Å². The van der Waals surface area contributed by atoms with Crippen LogP contribution in [-0.2, 0) is 6.54 Å². The van der Waals surface area contributed by atoms with Crippen LogP contribution in [0.1, 0.15) is 38.2 Å². The summed E-state index contributed by atoms with van der Waals surface area (Å²) in [6.07, 6.45) is 5.62. The molecule has 0 aliphatic heterocycles. The summed E-state index contributed by atoms with van der Waals surface area (Å²) >= 11 is 0. The smallest absolute Gasteiger partial charge is 0.0385 e. The van der Waals surface area contributed by atoms with Crippen molar-refractivity contribution < 1.29 is 0 Å². The molecule has 106 valence electrons. The maximum atomic E-state index is 3.68. The van der Waals surface area contributed by atoms with Gasteiger partial charge in [-0.25, -0.2) is 0 Å². The molecule has 0 bridgehead atoms. The van der Waals surface area contributed by atoms with Gasteiger partial charge in [-0.3, -0.25) is 0 Å². The summed E-state index contributed by atoms with van der Waals surface area (Å²) in [6.45, 7) is 4.53. The second-order valence-corrected chi connectivity index (χ2v) is 6.41. The van der Waals surface area contributed by atoms with Gasteiger partial charge < -0.3 is 10.2 Å². The summed E-state index contributed by atoms with van der Waals surface area (Å²) in [5.41, 5.74) is 2.71. The first-order valence-corrected chi connectivity index (χ1v) is 7.61. The average Bonchev–Trinajstić information content (AvgIpc) is 2.37. The molecule has 2 nitrogen and oxygen atoms in total. The van der Waals surface area contributed by atoms with Crippen molar-refractivity contribution in [1.82, 2.24) is 4.90 Å². The Hall–Kier alpha value is -1.02. The summed E-state index contributed by atoms with van der Waals surface area (Å²) in [5.74, 6) is 1.77. The lowest BCUT2D eigenvalue weighted by Gasteiger charge is -2.27. The maximum absolute atomic E-state index is 3.68. The van der Waals surface area contributed by atoms with Crippen LogP contribution in [0.5, 0.6) is 0 Å². The first kappa shape index (κ1) is 14.4. The van der Waals surface area contributed by atoms with Crippen molar-refractivity contribution in [3.8, 4) is 0 Å². The summed E-state index contributed by atoms with van der Waals surface area (Å²) in [6, 6.07) is 8.70. The fraction of sp³-hybridized carbons (Fsp3) is 0.647. The van der Waals surface area contributed by atoms with Crippen molar-refractivity contribution in [3.63, 3.8) is 0 Å². The molecule has 0 saturated heterocycles. The van der Waals surface area contributed by atoms with Crippen LogP contribution in [0.15, 0.2) is 24.3 Å². The molecule has 1 aliphatic rings. The van der Waals surface area contributed by atoms with Crippen molar-refractivity contribution in [2.75, 3.05) is 26.0 Å². The molecule has 0 amide bonds. The van der Waals surface area contributed by atoms with E-state index in [4.69, 9.17) is 0 Å². The fourth-order valence-corrected chi connectivity index (χ4v) is 3.17. The van der Waals surface area contributed by atoms with Gasteiger partial charge in [0.05, 0.1) is 0 Å². The normalized spacial score (nSPS) is 23.6. The minimum atomic E-state index is 0.858. The van der Waals surface area contributed by atoms with E-state index in [0.717, 1.165) is 24.9 Å². The fourth-order valence-electron chi connectivity index (χ4n) is 3.17. The predicted octanol–water partition coefficient (Wildman–Crippen LogP) is 3.99. The van der Waals surface area contributed by atoms with Gasteiger partial charge in [0, 0.05) is 18.8 Å². The number of anilines is 1. The van der Waals surface area contributed by atoms with Crippen molar-refractivity contribution in [3.05, 3.63) is 29.8 Å². The summed E-state index contributed by atoms with van der Waals surface area (Å²) in [7, 11) is 4.25. The Morgan fingerprint density at radius 2 is 2.00 bits per heavy atom. The van der Waals surface area contributed by atoms with Crippen molar-refractivity contribution in [2.24, 2.45) is 11.8 Å². The number of hydrogen-bond donors (Lipinski definition) is 1. The van der Waals surface area contributed by atoms with Gasteiger partial charge in [0.1, 0.15) is 0 Å².